The first-order valence-electron chi connectivity index (χ1n) is 9.27. The summed E-state index contributed by atoms with van der Waals surface area (Å²) in [5.41, 5.74) is 1.74. The van der Waals surface area contributed by atoms with Gasteiger partial charge in [-0.25, -0.2) is 14.1 Å². The molecule has 0 unspecified atom stereocenters. The minimum atomic E-state index is -0.715. The predicted octanol–water partition coefficient (Wildman–Crippen LogP) is 2.85. The zero-order chi connectivity index (χ0) is 22.0. The molecule has 0 spiro atoms. The van der Waals surface area contributed by atoms with E-state index in [-0.39, 0.29) is 11.4 Å². The number of nitrogens with zero attached hydrogens (tertiary/aromatic N) is 2. The van der Waals surface area contributed by atoms with Crippen molar-refractivity contribution in [3.8, 4) is 11.4 Å². The molecule has 2 heterocycles. The fourth-order valence-corrected chi connectivity index (χ4v) is 3.10. The Kier molecular flexibility index (Phi) is 5.23. The van der Waals surface area contributed by atoms with E-state index in [0.717, 1.165) is 10.6 Å². The number of halogens is 1. The lowest BCUT2D eigenvalue weighted by Crippen LogP contribution is -2.38. The molecule has 156 valence electrons. The molecular weight excluding hydrogens is 403 g/mol. The van der Waals surface area contributed by atoms with E-state index < -0.39 is 30.2 Å². The maximum absolute atomic E-state index is 13.0. The molecule has 1 aliphatic rings. The van der Waals surface area contributed by atoms with E-state index in [9.17, 15) is 23.9 Å². The monoisotopic (exact) mass is 420 g/mol. The maximum Gasteiger partial charge on any atom is 0.329 e. The summed E-state index contributed by atoms with van der Waals surface area (Å²) >= 11 is 0. The van der Waals surface area contributed by atoms with Crippen LogP contribution >= 0.6 is 0 Å². The van der Waals surface area contributed by atoms with Crippen molar-refractivity contribution in [2.75, 3.05) is 11.9 Å². The number of nitrogens with one attached hydrogen (secondary N) is 2. The highest BCUT2D eigenvalue weighted by Crippen LogP contribution is 2.20. The number of aromatic nitrogens is 1. The average Bonchev–Trinajstić information content (AvgIpc) is 3.30. The van der Waals surface area contributed by atoms with Crippen LogP contribution in [0.5, 0.6) is 5.75 Å². The Morgan fingerprint density at radius 2 is 1.77 bits per heavy atom. The molecule has 1 aromatic heterocycles. The number of amides is 4. The lowest BCUT2D eigenvalue weighted by atomic mass is 10.2. The number of hydrogen-bond donors (Lipinski definition) is 3. The van der Waals surface area contributed by atoms with Crippen molar-refractivity contribution >= 4 is 29.6 Å². The fourth-order valence-electron chi connectivity index (χ4n) is 3.10. The summed E-state index contributed by atoms with van der Waals surface area (Å²) in [6.45, 7) is -0.488. The van der Waals surface area contributed by atoms with Crippen molar-refractivity contribution in [1.82, 2.24) is 14.8 Å². The molecule has 3 aromatic rings. The third-order valence-electron chi connectivity index (χ3n) is 4.59. The average molecular weight is 420 g/mol. The Morgan fingerprint density at radius 3 is 2.48 bits per heavy atom. The van der Waals surface area contributed by atoms with Crippen molar-refractivity contribution in [3.63, 3.8) is 0 Å². The standard InChI is InChI=1S/C22H17FN4O4/c23-14-3-5-15(6-4-14)24-20(29)13-27-21(30)19(25-22(27)31)12-17-2-1-11-26(17)16-7-9-18(28)10-8-16/h1-12,28H,13H2,(H,24,29)(H,25,31)/b19-12-. The second kappa shape index (κ2) is 8.15. The summed E-state index contributed by atoms with van der Waals surface area (Å²) in [6, 6.07) is 14.4. The van der Waals surface area contributed by atoms with Crippen LogP contribution in [-0.2, 0) is 9.59 Å². The maximum atomic E-state index is 13.0. The Balaban J connectivity index is 1.49. The van der Waals surface area contributed by atoms with E-state index in [1.165, 1.54) is 42.5 Å². The van der Waals surface area contributed by atoms with Crippen LogP contribution in [-0.4, -0.2) is 39.0 Å². The van der Waals surface area contributed by atoms with E-state index >= 15 is 0 Å². The molecule has 9 heteroatoms. The van der Waals surface area contributed by atoms with Crippen molar-refractivity contribution in [2.24, 2.45) is 0 Å². The summed E-state index contributed by atoms with van der Waals surface area (Å²) in [6.07, 6.45) is 3.28. The molecule has 3 N–H and O–H groups in total. The Labute approximate surface area is 176 Å². The quantitative estimate of drug-likeness (QED) is 0.436. The van der Waals surface area contributed by atoms with Crippen molar-refractivity contribution < 1.29 is 23.9 Å². The Bertz CT molecular complexity index is 1180. The number of aromatic hydroxyl groups is 1. The first-order chi connectivity index (χ1) is 14.9. The van der Waals surface area contributed by atoms with Gasteiger partial charge in [0.1, 0.15) is 23.8 Å². The molecule has 1 saturated heterocycles. The number of imide groups is 1. The number of hydrogen-bond acceptors (Lipinski definition) is 4. The van der Waals surface area contributed by atoms with Crippen molar-refractivity contribution in [2.45, 2.75) is 0 Å². The van der Waals surface area contributed by atoms with Gasteiger partial charge in [-0.05, 0) is 66.7 Å². The minimum Gasteiger partial charge on any atom is -0.508 e. The molecule has 4 rings (SSSR count). The fraction of sp³-hybridized carbons (Fsp3) is 0.0455. The van der Waals surface area contributed by atoms with Crippen molar-refractivity contribution in [1.29, 1.82) is 0 Å². The zero-order valence-corrected chi connectivity index (χ0v) is 16.1. The van der Waals surface area contributed by atoms with Crippen molar-refractivity contribution in [3.05, 3.63) is 84.1 Å². The highest BCUT2D eigenvalue weighted by molar-refractivity contribution is 6.15. The SMILES string of the molecule is O=C(CN1C(=O)N/C(=C\c2cccn2-c2ccc(O)cc2)C1=O)Nc1ccc(F)cc1. The van der Waals surface area contributed by atoms with Crippen LogP contribution in [0.2, 0.25) is 0 Å². The number of phenols is 1. The van der Waals surface area contributed by atoms with Gasteiger partial charge in [-0.15, -0.1) is 0 Å². The smallest absolute Gasteiger partial charge is 0.329 e. The molecule has 0 atom stereocenters. The third kappa shape index (κ3) is 4.30. The van der Waals surface area contributed by atoms with Crippen LogP contribution < -0.4 is 10.6 Å². The normalized spacial score (nSPS) is 14.7. The van der Waals surface area contributed by atoms with Gasteiger partial charge in [-0.3, -0.25) is 9.59 Å². The molecule has 4 amide bonds. The molecule has 0 aliphatic carbocycles. The molecule has 31 heavy (non-hydrogen) atoms. The molecule has 2 aromatic carbocycles. The number of benzene rings is 2. The number of carbonyl (C=O) groups excluding carboxylic acids is 3. The van der Waals surface area contributed by atoms with Crippen LogP contribution in [0.3, 0.4) is 0 Å². The number of phenolic OH excluding ortho intramolecular Hbond substituents is 1. The summed E-state index contributed by atoms with van der Waals surface area (Å²) in [4.78, 5) is 37.9. The summed E-state index contributed by atoms with van der Waals surface area (Å²) in [7, 11) is 0. The molecule has 1 aliphatic heterocycles. The van der Waals surface area contributed by atoms with E-state index in [4.69, 9.17) is 0 Å². The Morgan fingerprint density at radius 1 is 1.06 bits per heavy atom. The van der Waals surface area contributed by atoms with Crippen LogP contribution in [0, 0.1) is 5.82 Å². The summed E-state index contributed by atoms with van der Waals surface area (Å²) in [5, 5.41) is 14.4. The van der Waals surface area contributed by atoms with Crippen LogP contribution in [0.25, 0.3) is 11.8 Å². The first-order valence-corrected chi connectivity index (χ1v) is 9.27. The lowest BCUT2D eigenvalue weighted by molar-refractivity contribution is -0.127. The largest absolute Gasteiger partial charge is 0.508 e. The van der Waals surface area contributed by atoms with Gasteiger partial charge in [0.2, 0.25) is 5.91 Å². The minimum absolute atomic E-state index is 0.0262. The molecule has 0 bridgehead atoms. The van der Waals surface area contributed by atoms with E-state index in [2.05, 4.69) is 10.6 Å². The van der Waals surface area contributed by atoms with Gasteiger partial charge in [0.25, 0.3) is 5.91 Å². The van der Waals surface area contributed by atoms with Crippen LogP contribution in [0.1, 0.15) is 5.69 Å². The van der Waals surface area contributed by atoms with Gasteiger partial charge in [0.15, 0.2) is 0 Å². The predicted molar refractivity (Wildman–Crippen MR) is 111 cm³/mol. The molecule has 1 fully saturated rings. The second-order valence-electron chi connectivity index (χ2n) is 6.75. The highest BCUT2D eigenvalue weighted by Gasteiger charge is 2.35. The van der Waals surface area contributed by atoms with Crippen LogP contribution in [0.4, 0.5) is 14.9 Å². The molecule has 8 nitrogen and oxygen atoms in total. The highest BCUT2D eigenvalue weighted by atomic mass is 19.1. The Hall–Kier alpha value is -4.40. The van der Waals surface area contributed by atoms with Gasteiger partial charge in [0, 0.05) is 23.3 Å². The summed E-state index contributed by atoms with van der Waals surface area (Å²) < 4.78 is 14.7. The third-order valence-corrected chi connectivity index (χ3v) is 4.59. The number of rotatable bonds is 5. The molecule has 0 saturated carbocycles. The topological polar surface area (TPSA) is 104 Å². The lowest BCUT2D eigenvalue weighted by Gasteiger charge is -2.12. The second-order valence-corrected chi connectivity index (χ2v) is 6.75. The number of anilines is 1. The van der Waals surface area contributed by atoms with E-state index in [0.29, 0.717) is 11.4 Å². The van der Waals surface area contributed by atoms with E-state index in [1.54, 1.807) is 35.0 Å². The molecule has 0 radical (unpaired) electrons. The van der Waals surface area contributed by atoms with Gasteiger partial charge < -0.3 is 20.3 Å². The van der Waals surface area contributed by atoms with Gasteiger partial charge >= 0.3 is 6.03 Å². The first kappa shape index (κ1) is 19.9. The van der Waals surface area contributed by atoms with Gasteiger partial charge in [0.05, 0.1) is 0 Å². The number of carbonyl (C=O) groups is 3. The molecular formula is C22H17FN4O4. The van der Waals surface area contributed by atoms with E-state index in [1.807, 2.05) is 0 Å². The zero-order valence-electron chi connectivity index (χ0n) is 16.1. The number of urea groups is 1. The van der Waals surface area contributed by atoms with Gasteiger partial charge in [-0.2, -0.15) is 0 Å². The summed E-state index contributed by atoms with van der Waals surface area (Å²) in [5.74, 6) is -1.55. The van der Waals surface area contributed by atoms with Crippen LogP contribution in [0.15, 0.2) is 72.6 Å². The van der Waals surface area contributed by atoms with Gasteiger partial charge in [-0.1, -0.05) is 0 Å².